The Bertz CT molecular complexity index is 724. The minimum atomic E-state index is -0.774. The van der Waals surface area contributed by atoms with Gasteiger partial charge in [0.2, 0.25) is 0 Å². The average Bonchev–Trinajstić information content (AvgIpc) is 2.94. The predicted molar refractivity (Wildman–Crippen MR) is 83.2 cm³/mol. The van der Waals surface area contributed by atoms with Crippen LogP contribution in [0.4, 0.5) is 0 Å². The van der Waals surface area contributed by atoms with E-state index in [-0.39, 0.29) is 18.7 Å². The van der Waals surface area contributed by atoms with Crippen molar-refractivity contribution in [2.75, 3.05) is 6.61 Å². The molecule has 1 heterocycles. The number of aliphatic hydroxyl groups excluding tert-OH is 1. The van der Waals surface area contributed by atoms with Gasteiger partial charge >= 0.3 is 0 Å². The van der Waals surface area contributed by atoms with Gasteiger partial charge in [-0.15, -0.1) is 0 Å². The van der Waals surface area contributed by atoms with E-state index in [2.05, 4.69) is 5.10 Å². The van der Waals surface area contributed by atoms with Crippen LogP contribution in [0.1, 0.15) is 23.2 Å². The Labute approximate surface area is 129 Å². The maximum Gasteiger partial charge on any atom is 0.267 e. The van der Waals surface area contributed by atoms with E-state index >= 15 is 0 Å². The van der Waals surface area contributed by atoms with E-state index < -0.39 is 6.10 Å². The summed E-state index contributed by atoms with van der Waals surface area (Å²) in [5.74, 6) is 0.746. The fourth-order valence-corrected chi connectivity index (χ4v) is 2.73. The van der Waals surface area contributed by atoms with E-state index in [9.17, 15) is 9.90 Å². The molecule has 22 heavy (non-hydrogen) atoms. The molecule has 1 unspecified atom stereocenters. The van der Waals surface area contributed by atoms with Gasteiger partial charge in [-0.25, -0.2) is 4.68 Å². The Morgan fingerprint density at radius 2 is 2.18 bits per heavy atom. The molecule has 0 saturated heterocycles. The zero-order valence-electron chi connectivity index (χ0n) is 12.7. The third kappa shape index (κ3) is 3.20. The number of benzene rings is 1. The van der Waals surface area contributed by atoms with Crippen molar-refractivity contribution in [1.29, 1.82) is 0 Å². The van der Waals surface area contributed by atoms with Crippen molar-refractivity contribution >= 4 is 0 Å². The fourth-order valence-electron chi connectivity index (χ4n) is 2.73. The van der Waals surface area contributed by atoms with E-state index in [0.717, 1.165) is 41.8 Å². The number of aromatic nitrogens is 2. The first-order valence-corrected chi connectivity index (χ1v) is 7.60. The second-order valence-electron chi connectivity index (χ2n) is 5.72. The van der Waals surface area contributed by atoms with Crippen LogP contribution in [0.3, 0.4) is 0 Å². The van der Waals surface area contributed by atoms with Gasteiger partial charge in [-0.3, -0.25) is 4.79 Å². The molecule has 1 aliphatic carbocycles. The molecule has 1 aliphatic rings. The molecule has 3 rings (SSSR count). The largest absolute Gasteiger partial charge is 0.491 e. The molecule has 0 aliphatic heterocycles. The maximum absolute atomic E-state index is 12.0. The quantitative estimate of drug-likeness (QED) is 0.908. The van der Waals surface area contributed by atoms with Crippen LogP contribution in [0.15, 0.2) is 35.1 Å². The molecule has 5 heteroatoms. The molecular weight excluding hydrogens is 280 g/mol. The number of ether oxygens (including phenoxy) is 1. The SMILES string of the molecule is Cc1ccccc1OCC(O)Cn1nc2c(cc1=O)CCC2. The molecule has 0 bridgehead atoms. The highest BCUT2D eigenvalue weighted by Crippen LogP contribution is 2.18. The Morgan fingerprint density at radius 3 is 3.00 bits per heavy atom. The lowest BCUT2D eigenvalue weighted by Gasteiger charge is -2.15. The van der Waals surface area contributed by atoms with Crippen molar-refractivity contribution in [3.05, 3.63) is 57.5 Å². The van der Waals surface area contributed by atoms with Crippen LogP contribution in [0.25, 0.3) is 0 Å². The van der Waals surface area contributed by atoms with Crippen LogP contribution in [0, 0.1) is 6.92 Å². The minimum absolute atomic E-state index is 0.135. The number of rotatable bonds is 5. The van der Waals surface area contributed by atoms with Crippen LogP contribution in [-0.2, 0) is 19.4 Å². The van der Waals surface area contributed by atoms with E-state index in [1.54, 1.807) is 6.07 Å². The summed E-state index contributed by atoms with van der Waals surface area (Å²) < 4.78 is 6.95. The molecule has 116 valence electrons. The Morgan fingerprint density at radius 1 is 1.36 bits per heavy atom. The molecule has 2 aromatic rings. The van der Waals surface area contributed by atoms with Crippen molar-refractivity contribution < 1.29 is 9.84 Å². The lowest BCUT2D eigenvalue weighted by molar-refractivity contribution is 0.0875. The third-order valence-corrected chi connectivity index (χ3v) is 3.93. The van der Waals surface area contributed by atoms with Crippen molar-refractivity contribution in [1.82, 2.24) is 9.78 Å². The highest BCUT2D eigenvalue weighted by Gasteiger charge is 2.16. The van der Waals surface area contributed by atoms with Gasteiger partial charge in [0.25, 0.3) is 5.56 Å². The van der Waals surface area contributed by atoms with Crippen LogP contribution in [0.5, 0.6) is 5.75 Å². The summed E-state index contributed by atoms with van der Waals surface area (Å²) >= 11 is 0. The van der Waals surface area contributed by atoms with Gasteiger partial charge < -0.3 is 9.84 Å². The smallest absolute Gasteiger partial charge is 0.267 e. The molecular formula is C17H20N2O3. The van der Waals surface area contributed by atoms with Crippen molar-refractivity contribution in [2.45, 2.75) is 38.8 Å². The molecule has 0 fully saturated rings. The monoisotopic (exact) mass is 300 g/mol. The van der Waals surface area contributed by atoms with Crippen molar-refractivity contribution in [3.8, 4) is 5.75 Å². The highest BCUT2D eigenvalue weighted by molar-refractivity contribution is 5.31. The molecule has 5 nitrogen and oxygen atoms in total. The fraction of sp³-hybridized carbons (Fsp3) is 0.412. The van der Waals surface area contributed by atoms with E-state index in [0.29, 0.717) is 0 Å². The number of para-hydroxylation sites is 1. The predicted octanol–water partition coefficient (Wildman–Crippen LogP) is 1.48. The Hall–Kier alpha value is -2.14. The molecule has 0 radical (unpaired) electrons. The standard InChI is InChI=1S/C17H20N2O3/c1-12-5-2-3-8-16(12)22-11-14(20)10-19-17(21)9-13-6-4-7-15(13)18-19/h2-3,5,8-9,14,20H,4,6-7,10-11H2,1H3. The van der Waals surface area contributed by atoms with Crippen LogP contribution < -0.4 is 10.3 Å². The summed E-state index contributed by atoms with van der Waals surface area (Å²) in [6, 6.07) is 9.29. The van der Waals surface area contributed by atoms with Gasteiger partial charge in [0.05, 0.1) is 12.2 Å². The summed E-state index contributed by atoms with van der Waals surface area (Å²) in [6.07, 6.45) is 2.11. The van der Waals surface area contributed by atoms with Gasteiger partial charge in [0, 0.05) is 6.07 Å². The highest BCUT2D eigenvalue weighted by atomic mass is 16.5. The lowest BCUT2D eigenvalue weighted by atomic mass is 10.2. The topological polar surface area (TPSA) is 64.3 Å². The first-order valence-electron chi connectivity index (χ1n) is 7.60. The molecule has 0 amide bonds. The second-order valence-corrected chi connectivity index (χ2v) is 5.72. The van der Waals surface area contributed by atoms with Gasteiger partial charge in [-0.1, -0.05) is 18.2 Å². The molecule has 0 spiro atoms. The molecule has 0 saturated carbocycles. The first kappa shape index (κ1) is 14.8. The number of hydrogen-bond donors (Lipinski definition) is 1. The van der Waals surface area contributed by atoms with Crippen LogP contribution in [0.2, 0.25) is 0 Å². The van der Waals surface area contributed by atoms with Gasteiger partial charge in [0.15, 0.2) is 0 Å². The number of hydrogen-bond acceptors (Lipinski definition) is 4. The van der Waals surface area contributed by atoms with E-state index in [4.69, 9.17) is 4.74 Å². The molecule has 1 aromatic heterocycles. The van der Waals surface area contributed by atoms with Crippen molar-refractivity contribution in [2.24, 2.45) is 0 Å². The average molecular weight is 300 g/mol. The normalized spacial score (nSPS) is 14.6. The summed E-state index contributed by atoms with van der Waals surface area (Å²) in [7, 11) is 0. The van der Waals surface area contributed by atoms with E-state index in [1.165, 1.54) is 4.68 Å². The minimum Gasteiger partial charge on any atom is -0.491 e. The third-order valence-electron chi connectivity index (χ3n) is 3.93. The lowest BCUT2D eigenvalue weighted by Crippen LogP contribution is -2.32. The zero-order valence-corrected chi connectivity index (χ0v) is 12.7. The number of aryl methyl sites for hydroxylation is 3. The molecule has 1 aromatic carbocycles. The van der Waals surface area contributed by atoms with Gasteiger partial charge in [-0.2, -0.15) is 5.10 Å². The number of aliphatic hydroxyl groups is 1. The van der Waals surface area contributed by atoms with Gasteiger partial charge in [0.1, 0.15) is 18.5 Å². The zero-order chi connectivity index (χ0) is 15.5. The maximum atomic E-state index is 12.0. The Kier molecular flexibility index (Phi) is 4.24. The summed E-state index contributed by atoms with van der Waals surface area (Å²) in [5.41, 5.74) is 2.89. The van der Waals surface area contributed by atoms with E-state index in [1.807, 2.05) is 31.2 Å². The van der Waals surface area contributed by atoms with Crippen molar-refractivity contribution in [3.63, 3.8) is 0 Å². The second kappa shape index (κ2) is 6.32. The molecule has 1 atom stereocenters. The Balaban J connectivity index is 1.64. The number of nitrogens with zero attached hydrogens (tertiary/aromatic N) is 2. The van der Waals surface area contributed by atoms with Crippen LogP contribution >= 0.6 is 0 Å². The summed E-state index contributed by atoms with van der Waals surface area (Å²) in [5, 5.41) is 14.5. The van der Waals surface area contributed by atoms with Gasteiger partial charge in [-0.05, 0) is 43.4 Å². The summed E-state index contributed by atoms with van der Waals surface area (Å²) in [4.78, 5) is 12.0. The molecule has 1 N–H and O–H groups in total. The first-order chi connectivity index (χ1) is 10.6. The summed E-state index contributed by atoms with van der Waals surface area (Å²) in [6.45, 7) is 2.24. The van der Waals surface area contributed by atoms with Crippen LogP contribution in [-0.4, -0.2) is 27.6 Å². The number of fused-ring (bicyclic) bond motifs is 1.